The SMILES string of the molecule is CN(C)c1nc(N[C@H]2CC[C@@H](CNCc3cc(F)ccc3F)CC2)nc2ccccc12. The van der Waals surface area contributed by atoms with Crippen molar-refractivity contribution in [1.29, 1.82) is 0 Å². The van der Waals surface area contributed by atoms with E-state index in [1.807, 2.05) is 43.3 Å². The quantitative estimate of drug-likeness (QED) is 0.573. The summed E-state index contributed by atoms with van der Waals surface area (Å²) in [6.45, 7) is 1.15. The molecule has 1 saturated carbocycles. The van der Waals surface area contributed by atoms with Gasteiger partial charge in [-0.2, -0.15) is 4.98 Å². The standard InChI is InChI=1S/C24H29F2N5/c1-31(2)23-20-5-3-4-6-22(20)29-24(30-23)28-19-10-7-16(8-11-19)14-27-15-17-13-18(25)9-12-21(17)26/h3-6,9,12-13,16,19,27H,7-8,10-11,14-15H2,1-2H3,(H,28,29,30)/t16-,19+. The van der Waals surface area contributed by atoms with Gasteiger partial charge in [0.2, 0.25) is 5.95 Å². The molecule has 0 spiro atoms. The number of halogens is 2. The predicted molar refractivity (Wildman–Crippen MR) is 121 cm³/mol. The maximum Gasteiger partial charge on any atom is 0.225 e. The minimum Gasteiger partial charge on any atom is -0.362 e. The van der Waals surface area contributed by atoms with Gasteiger partial charge in [-0.25, -0.2) is 13.8 Å². The topological polar surface area (TPSA) is 53.1 Å². The van der Waals surface area contributed by atoms with E-state index in [2.05, 4.69) is 10.6 Å². The first kappa shape index (κ1) is 21.4. The van der Waals surface area contributed by atoms with E-state index in [0.29, 0.717) is 30.0 Å². The molecule has 164 valence electrons. The summed E-state index contributed by atoms with van der Waals surface area (Å²) < 4.78 is 27.0. The molecule has 2 aromatic carbocycles. The highest BCUT2D eigenvalue weighted by Gasteiger charge is 2.22. The molecule has 31 heavy (non-hydrogen) atoms. The lowest BCUT2D eigenvalue weighted by molar-refractivity contribution is 0.323. The fraction of sp³-hybridized carbons (Fsp3) is 0.417. The Morgan fingerprint density at radius 1 is 1.00 bits per heavy atom. The molecule has 0 bridgehead atoms. The summed E-state index contributed by atoms with van der Waals surface area (Å²) in [4.78, 5) is 11.5. The van der Waals surface area contributed by atoms with Gasteiger partial charge in [-0.3, -0.25) is 0 Å². The molecule has 0 atom stereocenters. The number of hydrogen-bond donors (Lipinski definition) is 2. The summed E-state index contributed by atoms with van der Waals surface area (Å²) in [7, 11) is 3.99. The lowest BCUT2D eigenvalue weighted by Gasteiger charge is -2.29. The van der Waals surface area contributed by atoms with Gasteiger partial charge in [-0.1, -0.05) is 12.1 Å². The van der Waals surface area contributed by atoms with Gasteiger partial charge in [-0.05, 0) is 68.5 Å². The fourth-order valence-electron chi connectivity index (χ4n) is 4.25. The Kier molecular flexibility index (Phi) is 6.61. The second kappa shape index (κ2) is 9.56. The smallest absolute Gasteiger partial charge is 0.225 e. The number of para-hydroxylation sites is 1. The van der Waals surface area contributed by atoms with Crippen molar-refractivity contribution in [2.75, 3.05) is 30.9 Å². The molecule has 4 rings (SSSR count). The third-order valence-electron chi connectivity index (χ3n) is 5.94. The molecule has 0 radical (unpaired) electrons. The Morgan fingerprint density at radius 2 is 1.77 bits per heavy atom. The van der Waals surface area contributed by atoms with Gasteiger partial charge < -0.3 is 15.5 Å². The van der Waals surface area contributed by atoms with Crippen LogP contribution in [0.5, 0.6) is 0 Å². The van der Waals surface area contributed by atoms with E-state index in [9.17, 15) is 8.78 Å². The van der Waals surface area contributed by atoms with Crippen molar-refractivity contribution in [1.82, 2.24) is 15.3 Å². The van der Waals surface area contributed by atoms with Crippen LogP contribution in [0.15, 0.2) is 42.5 Å². The number of aromatic nitrogens is 2. The number of anilines is 2. The van der Waals surface area contributed by atoms with Crippen LogP contribution in [-0.2, 0) is 6.54 Å². The molecule has 1 fully saturated rings. The fourth-order valence-corrected chi connectivity index (χ4v) is 4.25. The van der Waals surface area contributed by atoms with Crippen LogP contribution in [0.25, 0.3) is 10.9 Å². The molecule has 1 aliphatic carbocycles. The van der Waals surface area contributed by atoms with E-state index in [-0.39, 0.29) is 5.82 Å². The van der Waals surface area contributed by atoms with Crippen molar-refractivity contribution in [2.45, 2.75) is 38.3 Å². The van der Waals surface area contributed by atoms with Crippen LogP contribution in [0.4, 0.5) is 20.5 Å². The summed E-state index contributed by atoms with van der Waals surface area (Å²) in [5.41, 5.74) is 1.31. The van der Waals surface area contributed by atoms with Crippen molar-refractivity contribution in [3.05, 3.63) is 59.7 Å². The number of rotatable bonds is 7. The van der Waals surface area contributed by atoms with E-state index in [1.54, 1.807) is 0 Å². The Labute approximate surface area is 181 Å². The Morgan fingerprint density at radius 3 is 2.55 bits per heavy atom. The molecular formula is C24H29F2N5. The third-order valence-corrected chi connectivity index (χ3v) is 5.94. The van der Waals surface area contributed by atoms with Crippen molar-refractivity contribution in [3.63, 3.8) is 0 Å². The first-order chi connectivity index (χ1) is 15.0. The second-order valence-corrected chi connectivity index (χ2v) is 8.51. The summed E-state index contributed by atoms with van der Waals surface area (Å²) in [6.07, 6.45) is 4.22. The van der Waals surface area contributed by atoms with Gasteiger partial charge in [0, 0.05) is 37.6 Å². The number of benzene rings is 2. The lowest BCUT2D eigenvalue weighted by Crippen LogP contribution is -2.31. The van der Waals surface area contributed by atoms with Gasteiger partial charge in [-0.15, -0.1) is 0 Å². The van der Waals surface area contributed by atoms with Gasteiger partial charge in [0.05, 0.1) is 5.52 Å². The van der Waals surface area contributed by atoms with Crippen LogP contribution in [0.1, 0.15) is 31.2 Å². The van der Waals surface area contributed by atoms with E-state index in [0.717, 1.165) is 55.0 Å². The van der Waals surface area contributed by atoms with Crippen molar-refractivity contribution in [3.8, 4) is 0 Å². The van der Waals surface area contributed by atoms with E-state index in [4.69, 9.17) is 9.97 Å². The molecular weight excluding hydrogens is 396 g/mol. The van der Waals surface area contributed by atoms with Crippen molar-refractivity contribution >= 4 is 22.7 Å². The highest BCUT2D eigenvalue weighted by atomic mass is 19.1. The van der Waals surface area contributed by atoms with Gasteiger partial charge in [0.25, 0.3) is 0 Å². The van der Waals surface area contributed by atoms with Crippen LogP contribution >= 0.6 is 0 Å². The predicted octanol–water partition coefficient (Wildman–Crippen LogP) is 4.73. The average molecular weight is 426 g/mol. The van der Waals surface area contributed by atoms with Crippen LogP contribution in [-0.4, -0.2) is 36.6 Å². The molecule has 1 heterocycles. The zero-order chi connectivity index (χ0) is 21.8. The molecule has 3 aromatic rings. The Bertz CT molecular complexity index is 1030. The largest absolute Gasteiger partial charge is 0.362 e. The summed E-state index contributed by atoms with van der Waals surface area (Å²) >= 11 is 0. The number of nitrogens with zero attached hydrogens (tertiary/aromatic N) is 3. The molecule has 1 aromatic heterocycles. The highest BCUT2D eigenvalue weighted by Crippen LogP contribution is 2.28. The molecule has 1 aliphatic rings. The van der Waals surface area contributed by atoms with E-state index in [1.165, 1.54) is 12.1 Å². The number of hydrogen-bond acceptors (Lipinski definition) is 5. The summed E-state index contributed by atoms with van der Waals surface area (Å²) in [5, 5.41) is 7.85. The van der Waals surface area contributed by atoms with Crippen LogP contribution < -0.4 is 15.5 Å². The summed E-state index contributed by atoms with van der Waals surface area (Å²) in [5.74, 6) is 1.35. The molecule has 5 nitrogen and oxygen atoms in total. The second-order valence-electron chi connectivity index (χ2n) is 8.51. The first-order valence-electron chi connectivity index (χ1n) is 10.8. The zero-order valence-electron chi connectivity index (χ0n) is 18.0. The van der Waals surface area contributed by atoms with E-state index < -0.39 is 5.82 Å². The normalized spacial score (nSPS) is 18.8. The minimum atomic E-state index is -0.405. The maximum atomic E-state index is 13.7. The maximum absolute atomic E-state index is 13.7. The molecule has 0 unspecified atom stereocenters. The molecule has 0 saturated heterocycles. The number of fused-ring (bicyclic) bond motifs is 1. The minimum absolute atomic E-state index is 0.341. The zero-order valence-corrected chi connectivity index (χ0v) is 18.0. The monoisotopic (exact) mass is 425 g/mol. The highest BCUT2D eigenvalue weighted by molar-refractivity contribution is 5.90. The van der Waals surface area contributed by atoms with Crippen LogP contribution in [0.3, 0.4) is 0 Å². The molecule has 0 aliphatic heterocycles. The summed E-state index contributed by atoms with van der Waals surface area (Å²) in [6, 6.07) is 12.0. The van der Waals surface area contributed by atoms with Gasteiger partial charge in [0.1, 0.15) is 17.5 Å². The first-order valence-corrected chi connectivity index (χ1v) is 10.8. The van der Waals surface area contributed by atoms with Crippen molar-refractivity contribution in [2.24, 2.45) is 5.92 Å². The molecule has 0 amide bonds. The Balaban J connectivity index is 1.30. The average Bonchev–Trinajstić information content (AvgIpc) is 2.76. The Hall–Kier alpha value is -2.80. The van der Waals surface area contributed by atoms with Gasteiger partial charge >= 0.3 is 0 Å². The lowest BCUT2D eigenvalue weighted by atomic mass is 9.86. The molecule has 7 heteroatoms. The number of nitrogens with one attached hydrogen (secondary N) is 2. The van der Waals surface area contributed by atoms with Crippen LogP contribution in [0, 0.1) is 17.6 Å². The van der Waals surface area contributed by atoms with E-state index >= 15 is 0 Å². The van der Waals surface area contributed by atoms with Crippen LogP contribution in [0.2, 0.25) is 0 Å². The molecule has 2 N–H and O–H groups in total. The van der Waals surface area contributed by atoms with Gasteiger partial charge in [0.15, 0.2) is 0 Å². The van der Waals surface area contributed by atoms with Crippen molar-refractivity contribution < 1.29 is 8.78 Å². The third kappa shape index (κ3) is 5.28.